The summed E-state index contributed by atoms with van der Waals surface area (Å²) in [6.07, 6.45) is 1.63. The summed E-state index contributed by atoms with van der Waals surface area (Å²) in [5.74, 6) is 0.622. The quantitative estimate of drug-likeness (QED) is 0.0770. The van der Waals surface area contributed by atoms with Gasteiger partial charge in [0.05, 0.1) is 15.9 Å². The molecular formula is C55H69N4O6S-. The van der Waals surface area contributed by atoms with Crippen LogP contribution in [0.2, 0.25) is 0 Å². The first-order valence-electron chi connectivity index (χ1n) is 23.2. The van der Waals surface area contributed by atoms with Crippen LogP contribution in [0.3, 0.4) is 0 Å². The summed E-state index contributed by atoms with van der Waals surface area (Å²) in [7, 11) is -4.88. The van der Waals surface area contributed by atoms with Crippen LogP contribution in [0.5, 0.6) is 0 Å². The maximum Gasteiger partial charge on any atom is 0.226 e. The van der Waals surface area contributed by atoms with Gasteiger partial charge in [-0.2, -0.15) is 0 Å². The van der Waals surface area contributed by atoms with E-state index in [2.05, 4.69) is 71.3 Å². The van der Waals surface area contributed by atoms with Crippen molar-refractivity contribution in [2.24, 2.45) is 28.7 Å². The second-order valence-corrected chi connectivity index (χ2v) is 20.1. The predicted molar refractivity (Wildman–Crippen MR) is 271 cm³/mol. The molecule has 1 aliphatic carbocycles. The minimum absolute atomic E-state index is 0.0612. The third-order valence-electron chi connectivity index (χ3n) is 12.2. The van der Waals surface area contributed by atoms with Crippen LogP contribution in [0.25, 0.3) is 33.4 Å². The number of nitrogens with one attached hydrogen (secondary N) is 3. The number of hydrogen-bond donors (Lipinski definition) is 3. The average Bonchev–Trinajstić information content (AvgIpc) is 3.26. The summed E-state index contributed by atoms with van der Waals surface area (Å²) in [4.78, 5) is 31.0. The molecule has 0 saturated carbocycles. The topological polar surface area (TPSA) is 153 Å². The highest BCUT2D eigenvalue weighted by Crippen LogP contribution is 2.44. The number of hydrogen-bond acceptors (Lipinski definition) is 8. The van der Waals surface area contributed by atoms with Crippen LogP contribution < -0.4 is 21.3 Å². The zero-order chi connectivity index (χ0) is 49.1. The lowest BCUT2D eigenvalue weighted by Gasteiger charge is -2.25. The van der Waals surface area contributed by atoms with E-state index in [1.54, 1.807) is 18.2 Å². The normalized spacial score (nSPS) is 12.1. The van der Waals surface area contributed by atoms with E-state index in [1.165, 1.54) is 6.07 Å². The molecule has 1 aliphatic heterocycles. The first kappa shape index (κ1) is 51.2. The van der Waals surface area contributed by atoms with E-state index < -0.39 is 10.1 Å². The molecule has 0 unspecified atom stereocenters. The number of carbonyl (C=O) groups excluding carboxylic acids is 2. The lowest BCUT2D eigenvalue weighted by molar-refractivity contribution is -0.119. The van der Waals surface area contributed by atoms with Crippen LogP contribution in [0, 0.1) is 65.2 Å². The summed E-state index contributed by atoms with van der Waals surface area (Å²) in [5, 5.41) is 11.2. The zero-order valence-corrected chi connectivity index (χ0v) is 42.6. The zero-order valence-electron chi connectivity index (χ0n) is 41.8. The maximum atomic E-state index is 13.1. The SMILES string of the molecule is CC.Cc1c(CC(C)C)c(C)c(NC(=O)C(C)C)c(C)c1N=c1ccc2c(-c3ccccc3S(=O)(=O)[O-])c3ccc(Nc4c(C)c(CC(C)C)c(C)c(NC(=O)C(C)C)c4C)cc3oc-2c1. The van der Waals surface area contributed by atoms with Gasteiger partial charge in [-0.1, -0.05) is 87.4 Å². The van der Waals surface area contributed by atoms with E-state index in [-0.39, 0.29) is 34.1 Å². The highest BCUT2D eigenvalue weighted by molar-refractivity contribution is 7.85. The van der Waals surface area contributed by atoms with E-state index in [1.807, 2.05) is 91.8 Å². The van der Waals surface area contributed by atoms with E-state index in [0.29, 0.717) is 50.7 Å². The Morgan fingerprint density at radius 3 is 1.71 bits per heavy atom. The van der Waals surface area contributed by atoms with Gasteiger partial charge in [-0.3, -0.25) is 9.59 Å². The fourth-order valence-corrected chi connectivity index (χ4v) is 9.39. The molecule has 2 amide bonds. The Bertz CT molecular complexity index is 2960. The molecule has 10 nitrogen and oxygen atoms in total. The molecular weight excluding hydrogens is 845 g/mol. The number of fused-ring (bicyclic) bond motifs is 2. The summed E-state index contributed by atoms with van der Waals surface area (Å²) < 4.78 is 45.1. The molecule has 0 aromatic heterocycles. The van der Waals surface area contributed by atoms with E-state index in [0.717, 1.165) is 80.1 Å². The predicted octanol–water partition coefficient (Wildman–Crippen LogP) is 13.5. The molecule has 0 bridgehead atoms. The minimum atomic E-state index is -4.88. The van der Waals surface area contributed by atoms with Crippen molar-refractivity contribution in [2.75, 3.05) is 16.0 Å². The Morgan fingerprint density at radius 2 is 1.17 bits per heavy atom. The Balaban J connectivity index is 0.00000403. The van der Waals surface area contributed by atoms with Crippen LogP contribution in [-0.2, 0) is 32.5 Å². The molecule has 66 heavy (non-hydrogen) atoms. The van der Waals surface area contributed by atoms with Gasteiger partial charge in [-0.25, -0.2) is 13.4 Å². The first-order valence-corrected chi connectivity index (χ1v) is 24.6. The van der Waals surface area contributed by atoms with E-state index in [4.69, 9.17) is 9.41 Å². The minimum Gasteiger partial charge on any atom is -0.744 e. The smallest absolute Gasteiger partial charge is 0.226 e. The lowest BCUT2D eigenvalue weighted by Crippen LogP contribution is -2.20. The molecule has 352 valence electrons. The van der Waals surface area contributed by atoms with Gasteiger partial charge in [0, 0.05) is 68.8 Å². The largest absolute Gasteiger partial charge is 0.744 e. The van der Waals surface area contributed by atoms with Crippen molar-refractivity contribution < 1.29 is 27.0 Å². The van der Waals surface area contributed by atoms with Crippen molar-refractivity contribution in [3.8, 4) is 22.5 Å². The Hall–Kier alpha value is -5.78. The highest BCUT2D eigenvalue weighted by Gasteiger charge is 2.25. The second kappa shape index (κ2) is 20.8. The van der Waals surface area contributed by atoms with E-state index in [9.17, 15) is 22.6 Å². The summed E-state index contributed by atoms with van der Waals surface area (Å²) in [5.41, 5.74) is 13.9. The fourth-order valence-electron chi connectivity index (χ4n) is 8.70. The molecule has 0 spiro atoms. The molecule has 3 N–H and O–H groups in total. The molecule has 0 radical (unpaired) electrons. The van der Waals surface area contributed by atoms with Crippen LogP contribution in [-0.4, -0.2) is 24.8 Å². The van der Waals surface area contributed by atoms with Crippen molar-refractivity contribution in [2.45, 2.75) is 129 Å². The Kier molecular flexibility index (Phi) is 16.1. The van der Waals surface area contributed by atoms with Crippen LogP contribution in [0.1, 0.15) is 114 Å². The standard InChI is InChI=1S/C53H64N4O6S.C2H6/c1-27(2)23-42-31(9)48(35(13)50(33(42)11)56-52(58)29(5)6)54-37-19-21-39-44(25-37)63-45-26-38(20-22-40(45)47(39)41-17-15-16-18-46(41)64(60,61)62)55-49-32(10)43(24-28(3)4)34(12)51(36(49)14)57-53(59)30(7)8;1-2/h15-22,25-30,54H,23-24H2,1-14H3,(H,56,58)(H,57,59)(H,60,61,62);1-2H3/p-1. The van der Waals surface area contributed by atoms with Gasteiger partial charge in [0.2, 0.25) is 11.8 Å². The molecule has 4 aromatic carbocycles. The van der Waals surface area contributed by atoms with Crippen molar-refractivity contribution in [1.82, 2.24) is 0 Å². The van der Waals surface area contributed by atoms with Gasteiger partial charge in [0.1, 0.15) is 21.5 Å². The number of carbonyl (C=O) groups is 2. The number of rotatable bonds is 13. The first-order chi connectivity index (χ1) is 31.0. The van der Waals surface area contributed by atoms with Gasteiger partial charge in [0.25, 0.3) is 0 Å². The number of anilines is 4. The lowest BCUT2D eigenvalue weighted by atomic mass is 9.89. The second-order valence-electron chi connectivity index (χ2n) is 18.7. The molecule has 1 heterocycles. The van der Waals surface area contributed by atoms with Crippen LogP contribution in [0.4, 0.5) is 28.4 Å². The Labute approximate surface area is 392 Å². The summed E-state index contributed by atoms with van der Waals surface area (Å²) in [6.45, 7) is 32.5. The van der Waals surface area contributed by atoms with Crippen molar-refractivity contribution in [3.05, 3.63) is 111 Å². The molecule has 0 atom stereocenters. The van der Waals surface area contributed by atoms with Gasteiger partial charge in [-0.05, 0) is 141 Å². The Morgan fingerprint density at radius 1 is 0.636 bits per heavy atom. The van der Waals surface area contributed by atoms with Gasteiger partial charge in [-0.15, -0.1) is 0 Å². The van der Waals surface area contributed by atoms with Crippen LogP contribution >= 0.6 is 0 Å². The fraction of sp³-hybridized carbons (Fsp3) is 0.400. The molecule has 4 aromatic rings. The highest BCUT2D eigenvalue weighted by atomic mass is 32.2. The average molecular weight is 914 g/mol. The van der Waals surface area contributed by atoms with E-state index >= 15 is 0 Å². The monoisotopic (exact) mass is 913 g/mol. The van der Waals surface area contributed by atoms with Crippen LogP contribution in [0.15, 0.2) is 75.0 Å². The molecule has 11 heteroatoms. The van der Waals surface area contributed by atoms with Crippen molar-refractivity contribution >= 4 is 61.3 Å². The van der Waals surface area contributed by atoms with Gasteiger partial charge < -0.3 is 24.9 Å². The number of benzene rings is 5. The summed E-state index contributed by atoms with van der Waals surface area (Å²) in [6, 6.07) is 17.4. The molecule has 2 aliphatic rings. The van der Waals surface area contributed by atoms with Gasteiger partial charge in [0.15, 0.2) is 0 Å². The van der Waals surface area contributed by atoms with Crippen molar-refractivity contribution in [1.29, 1.82) is 0 Å². The third kappa shape index (κ3) is 10.7. The van der Waals surface area contributed by atoms with Crippen molar-refractivity contribution in [3.63, 3.8) is 0 Å². The molecule has 0 fully saturated rings. The van der Waals surface area contributed by atoms with Gasteiger partial charge >= 0.3 is 0 Å². The third-order valence-corrected chi connectivity index (χ3v) is 13.1. The maximum absolute atomic E-state index is 13.1. The number of amides is 2. The number of nitrogens with zero attached hydrogens (tertiary/aromatic N) is 1. The molecule has 0 saturated heterocycles. The molecule has 6 rings (SSSR count). The summed E-state index contributed by atoms with van der Waals surface area (Å²) >= 11 is 0.